The van der Waals surface area contributed by atoms with E-state index in [0.717, 1.165) is 0 Å². The number of carbonyl (C=O) groups excluding carboxylic acids is 2. The van der Waals surface area contributed by atoms with Gasteiger partial charge in [0.25, 0.3) is 11.7 Å². The van der Waals surface area contributed by atoms with Crippen LogP contribution >= 0.6 is 11.6 Å². The summed E-state index contributed by atoms with van der Waals surface area (Å²) in [6.45, 7) is 0. The first-order valence-electron chi connectivity index (χ1n) is 9.12. The molecule has 1 atom stereocenters. The van der Waals surface area contributed by atoms with Crippen LogP contribution in [-0.4, -0.2) is 28.9 Å². The number of hydrogen-bond donors (Lipinski definition) is 1. The van der Waals surface area contributed by atoms with Gasteiger partial charge in [-0.1, -0.05) is 23.7 Å². The first kappa shape index (κ1) is 19.7. The molecular weight excluding hydrogens is 404 g/mol. The van der Waals surface area contributed by atoms with Gasteiger partial charge >= 0.3 is 0 Å². The number of aliphatic hydroxyl groups excluding tert-OH is 1. The molecule has 1 aromatic heterocycles. The zero-order valence-corrected chi connectivity index (χ0v) is 16.7. The van der Waals surface area contributed by atoms with E-state index in [-0.39, 0.29) is 11.3 Å². The summed E-state index contributed by atoms with van der Waals surface area (Å²) in [5.41, 5.74) is 1.44. The zero-order chi connectivity index (χ0) is 21.3. The van der Waals surface area contributed by atoms with Gasteiger partial charge in [0, 0.05) is 16.8 Å². The Hall–Kier alpha value is -3.64. The van der Waals surface area contributed by atoms with Crippen molar-refractivity contribution in [3.63, 3.8) is 0 Å². The van der Waals surface area contributed by atoms with Crippen molar-refractivity contribution in [2.75, 3.05) is 12.0 Å². The summed E-state index contributed by atoms with van der Waals surface area (Å²) < 4.78 is 5.31. The average Bonchev–Trinajstić information content (AvgIpc) is 3.05. The van der Waals surface area contributed by atoms with Crippen molar-refractivity contribution in [2.45, 2.75) is 6.04 Å². The number of hydrogen-bond acceptors (Lipinski definition) is 5. The third kappa shape index (κ3) is 3.42. The number of aliphatic hydroxyl groups is 1. The van der Waals surface area contributed by atoms with Crippen LogP contribution in [0.25, 0.3) is 5.76 Å². The number of pyridine rings is 1. The molecule has 1 aliphatic heterocycles. The Morgan fingerprint density at radius 2 is 1.87 bits per heavy atom. The minimum absolute atomic E-state index is 0.0144. The van der Waals surface area contributed by atoms with Crippen molar-refractivity contribution >= 4 is 34.7 Å². The third-order valence-electron chi connectivity index (χ3n) is 4.90. The van der Waals surface area contributed by atoms with Gasteiger partial charge in [0.05, 0.1) is 30.6 Å². The van der Waals surface area contributed by atoms with E-state index in [2.05, 4.69) is 4.98 Å². The maximum absolute atomic E-state index is 13.0. The van der Waals surface area contributed by atoms with Crippen LogP contribution in [0.3, 0.4) is 0 Å². The number of halogens is 1. The van der Waals surface area contributed by atoms with Crippen molar-refractivity contribution in [3.8, 4) is 5.75 Å². The molecule has 6 nitrogen and oxygen atoms in total. The van der Waals surface area contributed by atoms with Gasteiger partial charge in [-0.15, -0.1) is 0 Å². The first-order valence-corrected chi connectivity index (χ1v) is 9.50. The summed E-state index contributed by atoms with van der Waals surface area (Å²) in [5, 5.41) is 11.5. The highest BCUT2D eigenvalue weighted by atomic mass is 35.5. The molecular formula is C23H17ClN2O4. The van der Waals surface area contributed by atoms with Crippen LogP contribution in [0.1, 0.15) is 17.2 Å². The van der Waals surface area contributed by atoms with Gasteiger partial charge < -0.3 is 9.84 Å². The molecule has 7 heteroatoms. The molecule has 150 valence electrons. The van der Waals surface area contributed by atoms with Crippen LogP contribution < -0.4 is 9.64 Å². The van der Waals surface area contributed by atoms with Gasteiger partial charge in [0.15, 0.2) is 0 Å². The fraction of sp³-hybridized carbons (Fsp3) is 0.0870. The van der Waals surface area contributed by atoms with E-state index in [0.29, 0.717) is 27.6 Å². The lowest BCUT2D eigenvalue weighted by atomic mass is 9.95. The van der Waals surface area contributed by atoms with Gasteiger partial charge in [0.1, 0.15) is 11.5 Å². The lowest BCUT2D eigenvalue weighted by molar-refractivity contribution is -0.132. The van der Waals surface area contributed by atoms with Crippen LogP contribution in [0.15, 0.2) is 78.6 Å². The molecule has 4 rings (SSSR count). The fourth-order valence-corrected chi connectivity index (χ4v) is 3.61. The van der Waals surface area contributed by atoms with Gasteiger partial charge in [-0.2, -0.15) is 0 Å². The van der Waals surface area contributed by atoms with E-state index in [1.165, 1.54) is 18.2 Å². The van der Waals surface area contributed by atoms with Crippen molar-refractivity contribution < 1.29 is 19.4 Å². The maximum atomic E-state index is 13.0. The quantitative estimate of drug-likeness (QED) is 0.385. The third-order valence-corrected chi connectivity index (χ3v) is 5.15. The Labute approximate surface area is 178 Å². The van der Waals surface area contributed by atoms with E-state index in [9.17, 15) is 14.7 Å². The zero-order valence-electron chi connectivity index (χ0n) is 15.9. The molecule has 0 radical (unpaired) electrons. The van der Waals surface area contributed by atoms with Gasteiger partial charge in [-0.25, -0.2) is 0 Å². The summed E-state index contributed by atoms with van der Waals surface area (Å²) in [6, 6.07) is 16.0. The highest BCUT2D eigenvalue weighted by molar-refractivity contribution is 6.51. The second-order valence-corrected chi connectivity index (χ2v) is 7.10. The van der Waals surface area contributed by atoms with Crippen molar-refractivity contribution in [3.05, 3.63) is 94.8 Å². The average molecular weight is 421 g/mol. The number of methoxy groups -OCH3 is 1. The van der Waals surface area contributed by atoms with Gasteiger partial charge in [0.2, 0.25) is 0 Å². The maximum Gasteiger partial charge on any atom is 0.300 e. The molecule has 3 aromatic rings. The van der Waals surface area contributed by atoms with E-state index in [4.69, 9.17) is 16.3 Å². The van der Waals surface area contributed by atoms with Crippen molar-refractivity contribution in [1.82, 2.24) is 4.98 Å². The number of ether oxygens (including phenoxy) is 1. The second-order valence-electron chi connectivity index (χ2n) is 6.66. The number of amides is 1. The Morgan fingerprint density at radius 1 is 1.10 bits per heavy atom. The molecule has 1 fully saturated rings. The van der Waals surface area contributed by atoms with Crippen molar-refractivity contribution in [2.24, 2.45) is 0 Å². The molecule has 0 saturated carbocycles. The van der Waals surface area contributed by atoms with Crippen LogP contribution in [0.4, 0.5) is 5.69 Å². The molecule has 0 aliphatic carbocycles. The van der Waals surface area contributed by atoms with Crippen LogP contribution in [0.5, 0.6) is 5.75 Å². The Kier molecular flexibility index (Phi) is 5.25. The summed E-state index contributed by atoms with van der Waals surface area (Å²) in [4.78, 5) is 31.4. The predicted octanol–water partition coefficient (Wildman–Crippen LogP) is 4.37. The number of carbonyl (C=O) groups is 2. The number of nitrogens with zero attached hydrogens (tertiary/aromatic N) is 2. The van der Waals surface area contributed by atoms with Crippen molar-refractivity contribution in [1.29, 1.82) is 0 Å². The highest BCUT2D eigenvalue weighted by Gasteiger charge is 2.47. The molecule has 0 spiro atoms. The molecule has 1 amide bonds. The standard InChI is InChI=1S/C23H17ClN2O4/c1-30-18-6-2-4-15(12-18)20-19(21(27)14-7-9-16(24)10-8-14)22(28)23(29)26(20)17-5-3-11-25-13-17/h2-13,20,27H,1H3. The largest absolute Gasteiger partial charge is 0.507 e. The SMILES string of the molecule is COc1cccc(C2C(=C(O)c3ccc(Cl)cc3)C(=O)C(=O)N2c2cccnc2)c1. The van der Waals surface area contributed by atoms with E-state index >= 15 is 0 Å². The summed E-state index contributed by atoms with van der Waals surface area (Å²) in [6.07, 6.45) is 3.08. The topological polar surface area (TPSA) is 79.7 Å². The molecule has 0 bridgehead atoms. The minimum Gasteiger partial charge on any atom is -0.507 e. The van der Waals surface area contributed by atoms with Crippen LogP contribution in [0.2, 0.25) is 5.02 Å². The van der Waals surface area contributed by atoms with Crippen LogP contribution in [0, 0.1) is 0 Å². The number of anilines is 1. The Bertz CT molecular complexity index is 1140. The molecule has 30 heavy (non-hydrogen) atoms. The molecule has 2 aromatic carbocycles. The van der Waals surface area contributed by atoms with Gasteiger partial charge in [-0.05, 0) is 54.1 Å². The second kappa shape index (κ2) is 8.00. The fourth-order valence-electron chi connectivity index (χ4n) is 3.49. The molecule has 1 unspecified atom stereocenters. The normalized spacial score (nSPS) is 17.9. The Balaban J connectivity index is 1.95. The highest BCUT2D eigenvalue weighted by Crippen LogP contribution is 2.42. The van der Waals surface area contributed by atoms with E-state index in [1.807, 2.05) is 0 Å². The molecule has 1 saturated heterocycles. The monoisotopic (exact) mass is 420 g/mol. The summed E-state index contributed by atoms with van der Waals surface area (Å²) in [5.74, 6) is -1.23. The predicted molar refractivity (Wildman–Crippen MR) is 113 cm³/mol. The lowest BCUT2D eigenvalue weighted by Gasteiger charge is -2.25. The molecule has 2 heterocycles. The smallest absolute Gasteiger partial charge is 0.300 e. The number of benzene rings is 2. The summed E-state index contributed by atoms with van der Waals surface area (Å²) >= 11 is 5.94. The van der Waals surface area contributed by atoms with E-state index in [1.54, 1.807) is 66.9 Å². The summed E-state index contributed by atoms with van der Waals surface area (Å²) in [7, 11) is 1.53. The number of ketones is 1. The first-order chi connectivity index (χ1) is 14.5. The lowest BCUT2D eigenvalue weighted by Crippen LogP contribution is -2.29. The Morgan fingerprint density at radius 3 is 2.53 bits per heavy atom. The molecule has 1 N–H and O–H groups in total. The van der Waals surface area contributed by atoms with E-state index < -0.39 is 17.7 Å². The van der Waals surface area contributed by atoms with Crippen LogP contribution in [-0.2, 0) is 9.59 Å². The van der Waals surface area contributed by atoms with Gasteiger partial charge in [-0.3, -0.25) is 19.5 Å². The number of aromatic nitrogens is 1. The molecule has 1 aliphatic rings. The number of rotatable bonds is 4. The number of Topliss-reactive ketones (excluding diaryl/α,β-unsaturated/α-hetero) is 1. The minimum atomic E-state index is -0.847.